The largest absolute Gasteiger partial charge is 0.544 e. The second kappa shape index (κ2) is 7.01. The Morgan fingerprint density at radius 2 is 1.79 bits per heavy atom. The molecule has 0 bridgehead atoms. The first-order valence-corrected chi connectivity index (χ1v) is 11.7. The van der Waals surface area contributed by atoms with Gasteiger partial charge >= 0.3 is 0 Å². The third kappa shape index (κ3) is 4.20. The molecule has 0 saturated carbocycles. The highest BCUT2D eigenvalue weighted by Gasteiger charge is 2.38. The molecule has 0 aliphatic rings. The molecule has 1 aromatic carbocycles. The number of nitrogens with zero attached hydrogens (tertiary/aromatic N) is 2. The zero-order chi connectivity index (χ0) is 18.0. The Morgan fingerprint density at radius 1 is 1.17 bits per heavy atom. The topological polar surface area (TPSA) is 53.1 Å². The summed E-state index contributed by atoms with van der Waals surface area (Å²) in [6.45, 7) is 13.4. The van der Waals surface area contributed by atoms with Crippen molar-refractivity contribution in [2.24, 2.45) is 0 Å². The molecule has 0 aliphatic heterocycles. The Labute approximate surface area is 147 Å². The predicted molar refractivity (Wildman–Crippen MR) is 104 cm³/mol. The molecular formula is C19H31N3OSi. The highest BCUT2D eigenvalue weighted by molar-refractivity contribution is 6.74. The number of rotatable bonds is 6. The lowest BCUT2D eigenvalue weighted by atomic mass is 10.2. The highest BCUT2D eigenvalue weighted by atomic mass is 28.4. The number of aryl methyl sites for hydroxylation is 1. The summed E-state index contributed by atoms with van der Waals surface area (Å²) in [5.74, 6) is 1.60. The van der Waals surface area contributed by atoms with Gasteiger partial charge in [0.05, 0.1) is 11.4 Å². The van der Waals surface area contributed by atoms with E-state index in [2.05, 4.69) is 45.9 Å². The number of aromatic nitrogens is 2. The number of unbranched alkanes of at least 4 members (excludes halogenated alkanes) is 1. The van der Waals surface area contributed by atoms with Gasteiger partial charge in [0.1, 0.15) is 11.6 Å². The molecule has 2 rings (SSSR count). The molecule has 2 N–H and O–H groups in total. The van der Waals surface area contributed by atoms with Gasteiger partial charge in [-0.1, -0.05) is 34.1 Å². The van der Waals surface area contributed by atoms with E-state index in [4.69, 9.17) is 10.2 Å². The normalized spacial score (nSPS) is 12.4. The molecule has 0 aliphatic carbocycles. The quantitative estimate of drug-likeness (QED) is 0.734. The van der Waals surface area contributed by atoms with Crippen LogP contribution in [0.3, 0.4) is 0 Å². The summed E-state index contributed by atoms with van der Waals surface area (Å²) in [4.78, 5) is 0. The Kier molecular flexibility index (Phi) is 5.43. The third-order valence-corrected chi connectivity index (χ3v) is 9.19. The average molecular weight is 346 g/mol. The standard InChI is InChI=1S/C19H31N3OSi/c1-7-8-9-15-14-18(20)22(21-15)16-10-12-17(13-11-16)23-24(5,6)19(2,3)4/h10-14H,7-9,20H2,1-6H3. The number of nitrogens with two attached hydrogens (primary N) is 1. The van der Waals surface area contributed by atoms with Gasteiger partial charge < -0.3 is 10.2 Å². The van der Waals surface area contributed by atoms with Gasteiger partial charge in [0.15, 0.2) is 0 Å². The van der Waals surface area contributed by atoms with Crippen LogP contribution in [0.1, 0.15) is 46.2 Å². The van der Waals surface area contributed by atoms with Gasteiger partial charge in [-0.25, -0.2) is 4.68 Å². The molecular weight excluding hydrogens is 314 g/mol. The maximum absolute atomic E-state index is 6.32. The van der Waals surface area contributed by atoms with E-state index in [-0.39, 0.29) is 5.04 Å². The van der Waals surface area contributed by atoms with Crippen molar-refractivity contribution in [3.05, 3.63) is 36.0 Å². The van der Waals surface area contributed by atoms with Crippen LogP contribution in [-0.2, 0) is 6.42 Å². The summed E-state index contributed by atoms with van der Waals surface area (Å²) in [6, 6.07) is 10.0. The van der Waals surface area contributed by atoms with Gasteiger partial charge in [-0.15, -0.1) is 0 Å². The summed E-state index contributed by atoms with van der Waals surface area (Å²) in [6.07, 6.45) is 3.27. The molecule has 0 fully saturated rings. The molecule has 0 atom stereocenters. The molecule has 1 aromatic heterocycles. The fourth-order valence-electron chi connectivity index (χ4n) is 2.24. The van der Waals surface area contributed by atoms with Crippen molar-refractivity contribution < 1.29 is 4.43 Å². The SMILES string of the molecule is CCCCc1cc(N)n(-c2ccc(O[Si](C)(C)C(C)(C)C)cc2)n1. The molecule has 0 spiro atoms. The van der Waals surface area contributed by atoms with E-state index in [1.807, 2.05) is 30.3 Å². The molecule has 0 unspecified atom stereocenters. The smallest absolute Gasteiger partial charge is 0.250 e. The number of benzene rings is 1. The highest BCUT2D eigenvalue weighted by Crippen LogP contribution is 2.37. The average Bonchev–Trinajstić information content (AvgIpc) is 2.85. The molecule has 4 nitrogen and oxygen atoms in total. The van der Waals surface area contributed by atoms with Crippen LogP contribution in [0, 0.1) is 0 Å². The van der Waals surface area contributed by atoms with Gasteiger partial charge in [-0.05, 0) is 55.2 Å². The van der Waals surface area contributed by atoms with Crippen LogP contribution in [0.4, 0.5) is 5.82 Å². The lowest BCUT2D eigenvalue weighted by Gasteiger charge is -2.36. The van der Waals surface area contributed by atoms with Crippen LogP contribution in [0.5, 0.6) is 5.75 Å². The van der Waals surface area contributed by atoms with E-state index >= 15 is 0 Å². The van der Waals surface area contributed by atoms with Crippen molar-refractivity contribution in [1.29, 1.82) is 0 Å². The molecule has 5 heteroatoms. The van der Waals surface area contributed by atoms with Crippen molar-refractivity contribution in [2.75, 3.05) is 5.73 Å². The van der Waals surface area contributed by atoms with E-state index in [1.165, 1.54) is 0 Å². The van der Waals surface area contributed by atoms with Crippen LogP contribution in [0.15, 0.2) is 30.3 Å². The van der Waals surface area contributed by atoms with E-state index in [1.54, 1.807) is 4.68 Å². The van der Waals surface area contributed by atoms with Crippen LogP contribution in [0.25, 0.3) is 5.69 Å². The van der Waals surface area contributed by atoms with E-state index in [0.717, 1.165) is 36.4 Å². The maximum Gasteiger partial charge on any atom is 0.250 e. The first kappa shape index (κ1) is 18.6. The van der Waals surface area contributed by atoms with Gasteiger partial charge in [0.25, 0.3) is 0 Å². The van der Waals surface area contributed by atoms with Gasteiger partial charge in [0.2, 0.25) is 8.32 Å². The number of hydrogen-bond donors (Lipinski definition) is 1. The number of nitrogen functional groups attached to an aromatic ring is 1. The molecule has 132 valence electrons. The molecule has 1 heterocycles. The maximum atomic E-state index is 6.32. The third-order valence-electron chi connectivity index (χ3n) is 4.83. The van der Waals surface area contributed by atoms with Crippen LogP contribution < -0.4 is 10.2 Å². The first-order valence-electron chi connectivity index (χ1n) is 8.78. The minimum Gasteiger partial charge on any atom is -0.544 e. The molecule has 0 radical (unpaired) electrons. The van der Waals surface area contributed by atoms with Crippen molar-refractivity contribution in [3.8, 4) is 11.4 Å². The lowest BCUT2D eigenvalue weighted by molar-refractivity contribution is 0.492. The Morgan fingerprint density at radius 3 is 2.33 bits per heavy atom. The van der Waals surface area contributed by atoms with Crippen LogP contribution >= 0.6 is 0 Å². The lowest BCUT2D eigenvalue weighted by Crippen LogP contribution is -2.43. The minimum absolute atomic E-state index is 0.187. The summed E-state index contributed by atoms with van der Waals surface area (Å²) in [5, 5.41) is 4.81. The number of hydrogen-bond acceptors (Lipinski definition) is 3. The van der Waals surface area contributed by atoms with E-state index in [0.29, 0.717) is 5.82 Å². The first-order chi connectivity index (χ1) is 11.1. The molecule has 24 heavy (non-hydrogen) atoms. The summed E-state index contributed by atoms with van der Waals surface area (Å²) < 4.78 is 8.13. The summed E-state index contributed by atoms with van der Waals surface area (Å²) >= 11 is 0. The zero-order valence-corrected chi connectivity index (χ0v) is 16.9. The molecule has 0 amide bonds. The van der Waals surface area contributed by atoms with E-state index < -0.39 is 8.32 Å². The Bertz CT molecular complexity index is 669. The van der Waals surface area contributed by atoms with Gasteiger partial charge in [0, 0.05) is 6.07 Å². The molecule has 0 saturated heterocycles. The van der Waals surface area contributed by atoms with Crippen molar-refractivity contribution in [1.82, 2.24) is 9.78 Å². The second-order valence-electron chi connectivity index (χ2n) is 7.93. The Balaban J connectivity index is 2.16. The van der Waals surface area contributed by atoms with Crippen LogP contribution in [0.2, 0.25) is 18.1 Å². The van der Waals surface area contributed by atoms with E-state index in [9.17, 15) is 0 Å². The monoisotopic (exact) mass is 345 g/mol. The Hall–Kier alpha value is -1.75. The van der Waals surface area contributed by atoms with Gasteiger partial charge in [-0.3, -0.25) is 0 Å². The van der Waals surface area contributed by atoms with Gasteiger partial charge in [-0.2, -0.15) is 5.10 Å². The van der Waals surface area contributed by atoms with Crippen molar-refractivity contribution in [3.63, 3.8) is 0 Å². The summed E-state index contributed by atoms with van der Waals surface area (Å²) in [7, 11) is -1.81. The number of anilines is 1. The zero-order valence-electron chi connectivity index (χ0n) is 15.9. The van der Waals surface area contributed by atoms with Crippen LogP contribution in [-0.4, -0.2) is 18.1 Å². The van der Waals surface area contributed by atoms with Crippen molar-refractivity contribution in [2.45, 2.75) is 65.1 Å². The second-order valence-corrected chi connectivity index (χ2v) is 12.7. The fourth-order valence-corrected chi connectivity index (χ4v) is 3.27. The molecule has 2 aromatic rings. The minimum atomic E-state index is -1.81. The summed E-state index contributed by atoms with van der Waals surface area (Å²) in [5.41, 5.74) is 8.14. The fraction of sp³-hybridized carbons (Fsp3) is 0.526. The van der Waals surface area contributed by atoms with Crippen molar-refractivity contribution >= 4 is 14.1 Å². The predicted octanol–water partition coefficient (Wildman–Crippen LogP) is 5.18.